The molecule has 18 heavy (non-hydrogen) atoms. The molecule has 0 bridgehead atoms. The van der Waals surface area contributed by atoms with Gasteiger partial charge in [-0.25, -0.2) is 9.97 Å². The van der Waals surface area contributed by atoms with Gasteiger partial charge in [0.05, 0.1) is 24.5 Å². The number of rotatable bonds is 2. The summed E-state index contributed by atoms with van der Waals surface area (Å²) in [5.74, 6) is 0.790. The van der Waals surface area contributed by atoms with Crippen molar-refractivity contribution in [1.82, 2.24) is 14.9 Å². The van der Waals surface area contributed by atoms with E-state index in [1.807, 2.05) is 13.0 Å². The molecule has 1 aliphatic heterocycles. The molecular weight excluding hydrogens is 228 g/mol. The molecule has 0 spiro atoms. The molecule has 0 N–H and O–H groups in total. The van der Waals surface area contributed by atoms with Gasteiger partial charge in [-0.1, -0.05) is 0 Å². The summed E-state index contributed by atoms with van der Waals surface area (Å²) >= 11 is 0. The molecule has 0 aliphatic carbocycles. The van der Waals surface area contributed by atoms with Gasteiger partial charge >= 0.3 is 0 Å². The van der Waals surface area contributed by atoms with Crippen LogP contribution in [0.3, 0.4) is 0 Å². The van der Waals surface area contributed by atoms with Crippen molar-refractivity contribution in [3.05, 3.63) is 18.1 Å². The molecule has 1 saturated heterocycles. The lowest BCUT2D eigenvalue weighted by molar-refractivity contribution is 0.231. The van der Waals surface area contributed by atoms with Crippen LogP contribution >= 0.6 is 0 Å². The van der Waals surface area contributed by atoms with Crippen molar-refractivity contribution in [1.29, 1.82) is 10.5 Å². The highest BCUT2D eigenvalue weighted by atomic mass is 15.3. The van der Waals surface area contributed by atoms with Crippen LogP contribution in [0.4, 0.5) is 5.82 Å². The predicted molar refractivity (Wildman–Crippen MR) is 65.6 cm³/mol. The molecule has 1 aromatic rings. The molecule has 0 radical (unpaired) electrons. The van der Waals surface area contributed by atoms with Crippen molar-refractivity contribution in [3.63, 3.8) is 0 Å². The second-order valence-electron chi connectivity index (χ2n) is 4.20. The third-order valence-electron chi connectivity index (χ3n) is 3.13. The first-order chi connectivity index (χ1) is 8.74. The molecule has 1 aliphatic rings. The van der Waals surface area contributed by atoms with Crippen molar-refractivity contribution in [2.75, 3.05) is 31.1 Å². The molecule has 0 aromatic carbocycles. The lowest BCUT2D eigenvalue weighted by Gasteiger charge is -2.36. The topological polar surface area (TPSA) is 79.8 Å². The SMILES string of the molecule is CC(C#N)N1CCN(c2cnc(C#N)cn2)CC1. The van der Waals surface area contributed by atoms with Gasteiger partial charge in [-0.15, -0.1) is 0 Å². The van der Waals surface area contributed by atoms with E-state index in [4.69, 9.17) is 10.5 Å². The van der Waals surface area contributed by atoms with Gasteiger partial charge in [0, 0.05) is 26.2 Å². The Bertz CT molecular complexity index is 475. The molecule has 2 heterocycles. The zero-order chi connectivity index (χ0) is 13.0. The number of piperazine rings is 1. The smallest absolute Gasteiger partial charge is 0.158 e. The fraction of sp³-hybridized carbons (Fsp3) is 0.500. The summed E-state index contributed by atoms with van der Waals surface area (Å²) in [6.45, 7) is 5.25. The van der Waals surface area contributed by atoms with Gasteiger partial charge in [0.2, 0.25) is 0 Å². The highest BCUT2D eigenvalue weighted by Crippen LogP contribution is 2.13. The van der Waals surface area contributed by atoms with Crippen LogP contribution in [0.5, 0.6) is 0 Å². The van der Waals surface area contributed by atoms with Crippen molar-refractivity contribution in [2.24, 2.45) is 0 Å². The lowest BCUT2D eigenvalue weighted by Crippen LogP contribution is -2.49. The second kappa shape index (κ2) is 5.44. The Labute approximate surface area is 106 Å². The van der Waals surface area contributed by atoms with Crippen LogP contribution in [0.15, 0.2) is 12.4 Å². The number of hydrogen-bond acceptors (Lipinski definition) is 6. The Morgan fingerprint density at radius 1 is 1.17 bits per heavy atom. The second-order valence-corrected chi connectivity index (χ2v) is 4.20. The molecule has 6 nitrogen and oxygen atoms in total. The van der Waals surface area contributed by atoms with Gasteiger partial charge < -0.3 is 4.90 Å². The largest absolute Gasteiger partial charge is 0.353 e. The normalized spacial score (nSPS) is 17.8. The minimum Gasteiger partial charge on any atom is -0.353 e. The van der Waals surface area contributed by atoms with Gasteiger partial charge in [-0.2, -0.15) is 10.5 Å². The third-order valence-corrected chi connectivity index (χ3v) is 3.13. The predicted octanol–water partition coefficient (Wildman–Crippen LogP) is 0.382. The summed E-state index contributed by atoms with van der Waals surface area (Å²) in [6, 6.07) is 4.16. The molecule has 0 amide bonds. The fourth-order valence-electron chi connectivity index (χ4n) is 1.96. The Kier molecular flexibility index (Phi) is 3.71. The molecule has 1 aromatic heterocycles. The van der Waals surface area contributed by atoms with Gasteiger partial charge in [-0.05, 0) is 6.92 Å². The molecule has 1 fully saturated rings. The highest BCUT2D eigenvalue weighted by Gasteiger charge is 2.21. The summed E-state index contributed by atoms with van der Waals surface area (Å²) in [7, 11) is 0. The van der Waals surface area contributed by atoms with Crippen LogP contribution in [0.2, 0.25) is 0 Å². The summed E-state index contributed by atoms with van der Waals surface area (Å²) < 4.78 is 0. The maximum absolute atomic E-state index is 8.87. The minimum absolute atomic E-state index is 0.0424. The zero-order valence-corrected chi connectivity index (χ0v) is 10.2. The number of aromatic nitrogens is 2. The molecule has 6 heteroatoms. The van der Waals surface area contributed by atoms with Crippen LogP contribution in [-0.2, 0) is 0 Å². The van der Waals surface area contributed by atoms with Crippen LogP contribution < -0.4 is 4.90 Å². The van der Waals surface area contributed by atoms with E-state index >= 15 is 0 Å². The zero-order valence-electron chi connectivity index (χ0n) is 10.2. The number of nitrogens with zero attached hydrogens (tertiary/aromatic N) is 6. The van der Waals surface area contributed by atoms with E-state index in [2.05, 4.69) is 25.8 Å². The van der Waals surface area contributed by atoms with E-state index in [1.54, 1.807) is 6.20 Å². The average Bonchev–Trinajstić information content (AvgIpc) is 2.47. The molecule has 92 valence electrons. The van der Waals surface area contributed by atoms with E-state index in [0.29, 0.717) is 5.69 Å². The van der Waals surface area contributed by atoms with Crippen LogP contribution in [0, 0.1) is 22.7 Å². The Morgan fingerprint density at radius 3 is 2.39 bits per heavy atom. The maximum atomic E-state index is 8.87. The van der Waals surface area contributed by atoms with Crippen LogP contribution in [-0.4, -0.2) is 47.1 Å². The number of anilines is 1. The third kappa shape index (κ3) is 2.55. The Balaban J connectivity index is 1.97. The van der Waals surface area contributed by atoms with Gasteiger partial charge in [0.25, 0.3) is 0 Å². The molecule has 2 rings (SSSR count). The van der Waals surface area contributed by atoms with Crippen LogP contribution in [0.1, 0.15) is 12.6 Å². The van der Waals surface area contributed by atoms with E-state index in [0.717, 1.165) is 32.0 Å². The quantitative estimate of drug-likeness (QED) is 0.746. The summed E-state index contributed by atoms with van der Waals surface area (Å²) in [6.07, 6.45) is 3.11. The average molecular weight is 242 g/mol. The fourth-order valence-corrected chi connectivity index (χ4v) is 1.96. The Morgan fingerprint density at radius 2 is 1.89 bits per heavy atom. The first-order valence-electron chi connectivity index (χ1n) is 5.85. The Hall–Kier alpha value is -2.18. The standard InChI is InChI=1S/C12H14N6/c1-10(6-13)17-2-4-18(5-3-17)12-9-15-11(7-14)8-16-12/h8-10H,2-5H2,1H3. The van der Waals surface area contributed by atoms with E-state index in [9.17, 15) is 0 Å². The molecular formula is C12H14N6. The monoisotopic (exact) mass is 242 g/mol. The molecule has 0 saturated carbocycles. The summed E-state index contributed by atoms with van der Waals surface area (Å²) in [5, 5.41) is 17.5. The maximum Gasteiger partial charge on any atom is 0.158 e. The first-order valence-corrected chi connectivity index (χ1v) is 5.85. The van der Waals surface area contributed by atoms with E-state index < -0.39 is 0 Å². The van der Waals surface area contributed by atoms with Crippen molar-refractivity contribution >= 4 is 5.82 Å². The number of hydrogen-bond donors (Lipinski definition) is 0. The van der Waals surface area contributed by atoms with Gasteiger partial charge in [0.15, 0.2) is 5.69 Å². The first kappa shape index (κ1) is 12.3. The van der Waals surface area contributed by atoms with Gasteiger partial charge in [-0.3, -0.25) is 4.90 Å². The van der Waals surface area contributed by atoms with E-state index in [1.165, 1.54) is 6.20 Å². The van der Waals surface area contributed by atoms with Crippen molar-refractivity contribution in [2.45, 2.75) is 13.0 Å². The van der Waals surface area contributed by atoms with Crippen molar-refractivity contribution < 1.29 is 0 Å². The van der Waals surface area contributed by atoms with E-state index in [-0.39, 0.29) is 6.04 Å². The molecule has 1 unspecified atom stereocenters. The van der Waals surface area contributed by atoms with Crippen LogP contribution in [0.25, 0.3) is 0 Å². The molecule has 1 atom stereocenters. The lowest BCUT2D eigenvalue weighted by atomic mass is 10.2. The minimum atomic E-state index is -0.0424. The highest BCUT2D eigenvalue weighted by molar-refractivity contribution is 5.37. The van der Waals surface area contributed by atoms with Gasteiger partial charge in [0.1, 0.15) is 11.9 Å². The number of nitriles is 2. The summed E-state index contributed by atoms with van der Waals surface area (Å²) in [5.41, 5.74) is 0.329. The van der Waals surface area contributed by atoms with Crippen molar-refractivity contribution in [3.8, 4) is 12.1 Å². The summed E-state index contributed by atoms with van der Waals surface area (Å²) in [4.78, 5) is 12.5.